The lowest BCUT2D eigenvalue weighted by atomic mass is 10.1. The Kier molecular flexibility index (Phi) is 3.14. The Morgan fingerprint density at radius 3 is 2.71 bits per heavy atom. The van der Waals surface area contributed by atoms with Crippen LogP contribution in [0.2, 0.25) is 0 Å². The topological polar surface area (TPSA) is 73.1 Å². The number of hydrogen-bond acceptors (Lipinski definition) is 5. The van der Waals surface area contributed by atoms with Crippen molar-refractivity contribution >= 4 is 30.6 Å². The molecule has 1 aromatic heterocycles. The van der Waals surface area contributed by atoms with Crippen LogP contribution in [0, 0.1) is 0 Å². The highest BCUT2D eigenvalue weighted by molar-refractivity contribution is 6.30. The van der Waals surface area contributed by atoms with E-state index >= 15 is 0 Å². The van der Waals surface area contributed by atoms with Crippen molar-refractivity contribution in [2.75, 3.05) is 18.2 Å². The van der Waals surface area contributed by atoms with Crippen LogP contribution in [0.15, 0.2) is 30.6 Å². The second-order valence-corrected chi connectivity index (χ2v) is 3.40. The lowest BCUT2D eigenvalue weighted by Gasteiger charge is -2.09. The van der Waals surface area contributed by atoms with Gasteiger partial charge in [-0.3, -0.25) is 4.98 Å². The first kappa shape index (κ1) is 11.3. The largest absolute Gasteiger partial charge is 0.497 e. The summed E-state index contributed by atoms with van der Waals surface area (Å²) in [7, 11) is 7.04. The van der Waals surface area contributed by atoms with Crippen LogP contribution in [0.25, 0.3) is 0 Å². The number of nitrogen functional groups attached to an aromatic ring is 1. The highest BCUT2D eigenvalue weighted by Gasteiger charge is 2.02. The molecule has 3 N–H and O–H groups in total. The number of nitrogens with zero attached hydrogens (tertiary/aromatic N) is 2. The molecule has 6 heteroatoms. The fourth-order valence-corrected chi connectivity index (χ4v) is 1.32. The van der Waals surface area contributed by atoms with E-state index < -0.39 is 0 Å². The van der Waals surface area contributed by atoms with Gasteiger partial charge in [-0.05, 0) is 12.1 Å². The van der Waals surface area contributed by atoms with Crippen LogP contribution < -0.4 is 21.4 Å². The number of anilines is 3. The van der Waals surface area contributed by atoms with E-state index in [0.717, 1.165) is 5.69 Å². The van der Waals surface area contributed by atoms with Crippen molar-refractivity contribution < 1.29 is 4.74 Å². The minimum atomic E-state index is 0.373. The van der Waals surface area contributed by atoms with Crippen LogP contribution in [-0.4, -0.2) is 24.9 Å². The van der Waals surface area contributed by atoms with Crippen molar-refractivity contribution in [2.24, 2.45) is 0 Å². The maximum atomic E-state index is 5.86. The van der Waals surface area contributed by atoms with Crippen LogP contribution in [0.1, 0.15) is 0 Å². The minimum absolute atomic E-state index is 0.373. The van der Waals surface area contributed by atoms with Gasteiger partial charge in [-0.1, -0.05) is 0 Å². The van der Waals surface area contributed by atoms with E-state index in [1.165, 1.54) is 6.20 Å². The molecule has 0 saturated heterocycles. The van der Waals surface area contributed by atoms with Crippen LogP contribution >= 0.6 is 0 Å². The average molecular weight is 226 g/mol. The summed E-state index contributed by atoms with van der Waals surface area (Å²) in [6.07, 6.45) is 3.01. The Bertz CT molecular complexity index is 515. The molecule has 0 unspecified atom stereocenters. The van der Waals surface area contributed by atoms with Gasteiger partial charge in [-0.25, -0.2) is 4.98 Å². The van der Waals surface area contributed by atoms with E-state index in [1.807, 2.05) is 12.1 Å². The molecule has 2 aromatic rings. The smallest absolute Gasteiger partial charge is 0.148 e. The van der Waals surface area contributed by atoms with Gasteiger partial charge in [0.2, 0.25) is 0 Å². The zero-order chi connectivity index (χ0) is 12.3. The van der Waals surface area contributed by atoms with Gasteiger partial charge in [0.1, 0.15) is 19.4 Å². The van der Waals surface area contributed by atoms with Gasteiger partial charge < -0.3 is 15.8 Å². The Morgan fingerprint density at radius 2 is 2.12 bits per heavy atom. The van der Waals surface area contributed by atoms with Crippen molar-refractivity contribution in [3.05, 3.63) is 30.6 Å². The van der Waals surface area contributed by atoms with Gasteiger partial charge in [-0.2, -0.15) is 0 Å². The van der Waals surface area contributed by atoms with Crippen LogP contribution in [0.4, 0.5) is 17.2 Å². The van der Waals surface area contributed by atoms with Gasteiger partial charge in [-0.15, -0.1) is 0 Å². The number of hydrogen-bond donors (Lipinski definition) is 2. The molecular formula is C11H11BN4O. The highest BCUT2D eigenvalue weighted by atomic mass is 16.5. The van der Waals surface area contributed by atoms with Gasteiger partial charge in [0.15, 0.2) is 0 Å². The molecule has 0 amide bonds. The molecule has 0 bridgehead atoms. The number of aromatic nitrogens is 2. The Morgan fingerprint density at radius 1 is 1.29 bits per heavy atom. The molecule has 84 valence electrons. The van der Waals surface area contributed by atoms with E-state index in [-0.39, 0.29) is 0 Å². The number of methoxy groups -OCH3 is 1. The molecule has 0 aliphatic carbocycles. The molecule has 0 aliphatic heterocycles. The summed E-state index contributed by atoms with van der Waals surface area (Å²) in [5.41, 5.74) is 7.55. The van der Waals surface area contributed by atoms with Crippen molar-refractivity contribution in [3.8, 4) is 5.75 Å². The third kappa shape index (κ3) is 2.66. The second kappa shape index (κ2) is 4.73. The molecule has 0 saturated carbocycles. The van der Waals surface area contributed by atoms with Gasteiger partial charge >= 0.3 is 0 Å². The summed E-state index contributed by atoms with van der Waals surface area (Å²) in [5.74, 6) is 1.28. The minimum Gasteiger partial charge on any atom is -0.497 e. The van der Waals surface area contributed by atoms with E-state index in [4.69, 9.17) is 18.3 Å². The Balaban J connectivity index is 2.21. The van der Waals surface area contributed by atoms with Crippen molar-refractivity contribution in [2.45, 2.75) is 0 Å². The monoisotopic (exact) mass is 226 g/mol. The number of nitrogens with one attached hydrogen (secondary N) is 1. The lowest BCUT2D eigenvalue weighted by molar-refractivity contribution is 0.415. The van der Waals surface area contributed by atoms with Crippen LogP contribution in [0.5, 0.6) is 5.75 Å². The summed E-state index contributed by atoms with van der Waals surface area (Å²) < 4.78 is 5.06. The van der Waals surface area contributed by atoms with Gasteiger partial charge in [0.05, 0.1) is 24.7 Å². The number of nitrogens with two attached hydrogens (primary N) is 1. The SMILES string of the molecule is [B]c1cnc(Nc2ccc(OC)cc2N)cn1. The van der Waals surface area contributed by atoms with Gasteiger partial charge in [0, 0.05) is 17.9 Å². The molecule has 0 spiro atoms. The number of ether oxygens (including phenoxy) is 1. The molecule has 2 radical (unpaired) electrons. The Labute approximate surface area is 100 Å². The molecular weight excluding hydrogens is 215 g/mol. The first-order valence-electron chi connectivity index (χ1n) is 4.97. The molecule has 5 nitrogen and oxygen atoms in total. The first-order chi connectivity index (χ1) is 8.19. The highest BCUT2D eigenvalue weighted by Crippen LogP contribution is 2.25. The zero-order valence-corrected chi connectivity index (χ0v) is 9.34. The predicted octanol–water partition coefficient (Wildman–Crippen LogP) is 0.605. The fraction of sp³-hybridized carbons (Fsp3) is 0.0909. The maximum absolute atomic E-state index is 5.86. The van der Waals surface area contributed by atoms with Crippen LogP contribution in [0.3, 0.4) is 0 Å². The third-order valence-corrected chi connectivity index (χ3v) is 2.19. The van der Waals surface area contributed by atoms with E-state index in [9.17, 15) is 0 Å². The molecule has 17 heavy (non-hydrogen) atoms. The summed E-state index contributed by atoms with van der Waals surface area (Å²) in [4.78, 5) is 8.00. The van der Waals surface area contributed by atoms with E-state index in [1.54, 1.807) is 19.4 Å². The molecule has 1 aromatic carbocycles. The normalized spacial score (nSPS) is 9.94. The molecule has 0 aliphatic rings. The average Bonchev–Trinajstić information content (AvgIpc) is 2.34. The lowest BCUT2D eigenvalue weighted by Crippen LogP contribution is -2.09. The number of benzene rings is 1. The third-order valence-electron chi connectivity index (χ3n) is 2.19. The predicted molar refractivity (Wildman–Crippen MR) is 68.1 cm³/mol. The standard InChI is InChI=1S/C11H11BN4O/c1-17-7-2-3-9(8(13)4-7)16-11-6-14-10(12)5-15-11/h2-6H,13H2,1H3,(H,15,16). The Hall–Kier alpha value is -2.24. The second-order valence-electron chi connectivity index (χ2n) is 3.40. The summed E-state index contributed by atoms with van der Waals surface area (Å²) in [6, 6.07) is 5.35. The van der Waals surface area contributed by atoms with Crippen molar-refractivity contribution in [3.63, 3.8) is 0 Å². The summed E-state index contributed by atoms with van der Waals surface area (Å²) in [5, 5.41) is 3.04. The zero-order valence-electron chi connectivity index (χ0n) is 9.34. The number of rotatable bonds is 3. The first-order valence-corrected chi connectivity index (χ1v) is 4.97. The van der Waals surface area contributed by atoms with E-state index in [0.29, 0.717) is 22.8 Å². The van der Waals surface area contributed by atoms with Crippen LogP contribution in [-0.2, 0) is 0 Å². The molecule has 1 heterocycles. The molecule has 0 atom stereocenters. The maximum Gasteiger partial charge on any atom is 0.148 e. The van der Waals surface area contributed by atoms with Gasteiger partial charge in [0.25, 0.3) is 0 Å². The van der Waals surface area contributed by atoms with Crippen molar-refractivity contribution in [1.82, 2.24) is 9.97 Å². The quantitative estimate of drug-likeness (QED) is 0.592. The fourth-order valence-electron chi connectivity index (χ4n) is 1.32. The summed E-state index contributed by atoms with van der Waals surface area (Å²) >= 11 is 0. The molecule has 2 rings (SSSR count). The van der Waals surface area contributed by atoms with E-state index in [2.05, 4.69) is 15.3 Å². The van der Waals surface area contributed by atoms with Crippen molar-refractivity contribution in [1.29, 1.82) is 0 Å². The summed E-state index contributed by atoms with van der Waals surface area (Å²) in [6.45, 7) is 0. The molecule has 0 fully saturated rings.